The van der Waals surface area contributed by atoms with Gasteiger partial charge in [-0.2, -0.15) is 0 Å². The fraction of sp³-hybridized carbons (Fsp3) is 0.182. The van der Waals surface area contributed by atoms with Crippen LogP contribution in [-0.2, 0) is 0 Å². The zero-order chi connectivity index (χ0) is 12.1. The van der Waals surface area contributed by atoms with Gasteiger partial charge in [0.25, 0.3) is 0 Å². The van der Waals surface area contributed by atoms with E-state index in [4.69, 9.17) is 11.6 Å². The van der Waals surface area contributed by atoms with E-state index < -0.39 is 11.8 Å². The molecule has 0 aliphatic carbocycles. The molecule has 0 saturated carbocycles. The van der Waals surface area contributed by atoms with Gasteiger partial charge in [-0.25, -0.2) is 9.18 Å². The molecular formula is C11H12ClFN2O. The quantitative estimate of drug-likeness (QED) is 0.819. The van der Waals surface area contributed by atoms with Crippen molar-refractivity contribution in [1.82, 2.24) is 5.32 Å². The monoisotopic (exact) mass is 242 g/mol. The summed E-state index contributed by atoms with van der Waals surface area (Å²) in [5, 5.41) is 5.01. The highest BCUT2D eigenvalue weighted by Gasteiger charge is 2.03. The SMILES string of the molecule is CC(C)=CNC(=O)Nc1ccc(F)c(Cl)c1. The van der Waals surface area contributed by atoms with E-state index in [0.29, 0.717) is 5.69 Å². The molecule has 5 heteroatoms. The second kappa shape index (κ2) is 5.51. The first-order valence-corrected chi connectivity index (χ1v) is 5.03. The number of hydrogen-bond acceptors (Lipinski definition) is 1. The first kappa shape index (κ1) is 12.5. The Morgan fingerprint density at radius 2 is 2.12 bits per heavy atom. The topological polar surface area (TPSA) is 41.1 Å². The smallest absolute Gasteiger partial charge is 0.314 e. The first-order valence-electron chi connectivity index (χ1n) is 4.65. The number of urea groups is 1. The largest absolute Gasteiger partial charge is 0.323 e. The van der Waals surface area contributed by atoms with Crippen molar-refractivity contribution in [2.45, 2.75) is 13.8 Å². The average Bonchev–Trinajstić information content (AvgIpc) is 2.21. The molecule has 0 heterocycles. The maximum absolute atomic E-state index is 12.8. The third kappa shape index (κ3) is 3.90. The van der Waals surface area contributed by atoms with Crippen LogP contribution < -0.4 is 10.6 Å². The number of amides is 2. The van der Waals surface area contributed by atoms with E-state index in [-0.39, 0.29) is 5.02 Å². The van der Waals surface area contributed by atoms with Crippen LogP contribution in [0.15, 0.2) is 30.0 Å². The van der Waals surface area contributed by atoms with Crippen LogP contribution in [0.3, 0.4) is 0 Å². The molecule has 0 spiro atoms. The standard InChI is InChI=1S/C11H12ClFN2O/c1-7(2)6-14-11(16)15-8-3-4-10(13)9(12)5-8/h3-6H,1-2H3,(H2,14,15,16). The maximum Gasteiger partial charge on any atom is 0.323 e. The van der Waals surface area contributed by atoms with Crippen LogP contribution in [0, 0.1) is 5.82 Å². The summed E-state index contributed by atoms with van der Waals surface area (Å²) >= 11 is 5.57. The van der Waals surface area contributed by atoms with Crippen molar-refractivity contribution in [1.29, 1.82) is 0 Å². The van der Waals surface area contributed by atoms with Crippen LogP contribution in [0.5, 0.6) is 0 Å². The number of benzene rings is 1. The molecule has 2 N–H and O–H groups in total. The van der Waals surface area contributed by atoms with Crippen molar-refractivity contribution in [2.75, 3.05) is 5.32 Å². The third-order valence-electron chi connectivity index (χ3n) is 1.67. The molecule has 1 aromatic rings. The minimum Gasteiger partial charge on any atom is -0.314 e. The van der Waals surface area contributed by atoms with Gasteiger partial charge >= 0.3 is 6.03 Å². The van der Waals surface area contributed by atoms with Gasteiger partial charge in [0.1, 0.15) is 5.82 Å². The van der Waals surface area contributed by atoms with Crippen molar-refractivity contribution in [3.8, 4) is 0 Å². The van der Waals surface area contributed by atoms with Crippen molar-refractivity contribution >= 4 is 23.3 Å². The van der Waals surface area contributed by atoms with E-state index in [2.05, 4.69) is 10.6 Å². The summed E-state index contributed by atoms with van der Waals surface area (Å²) in [4.78, 5) is 11.3. The van der Waals surface area contributed by atoms with Crippen LogP contribution in [0.2, 0.25) is 5.02 Å². The van der Waals surface area contributed by atoms with E-state index in [0.717, 1.165) is 5.57 Å². The van der Waals surface area contributed by atoms with Gasteiger partial charge in [0.05, 0.1) is 5.02 Å². The Kier molecular flexibility index (Phi) is 4.31. The van der Waals surface area contributed by atoms with Crippen LogP contribution in [0.1, 0.15) is 13.8 Å². The number of anilines is 1. The first-order chi connectivity index (χ1) is 7.49. The molecule has 16 heavy (non-hydrogen) atoms. The molecule has 0 atom stereocenters. The molecule has 86 valence electrons. The lowest BCUT2D eigenvalue weighted by molar-refractivity contribution is 0.255. The molecule has 0 aromatic heterocycles. The van der Waals surface area contributed by atoms with Crippen LogP contribution in [0.25, 0.3) is 0 Å². The molecule has 3 nitrogen and oxygen atoms in total. The number of carbonyl (C=O) groups is 1. The van der Waals surface area contributed by atoms with Gasteiger partial charge in [0.2, 0.25) is 0 Å². The van der Waals surface area contributed by atoms with Gasteiger partial charge in [-0.05, 0) is 32.0 Å². The molecule has 0 aliphatic heterocycles. The zero-order valence-electron chi connectivity index (χ0n) is 8.97. The normalized spacial score (nSPS) is 9.50. The van der Waals surface area contributed by atoms with Gasteiger partial charge < -0.3 is 10.6 Å². The molecule has 0 saturated heterocycles. The average molecular weight is 243 g/mol. The molecule has 0 fully saturated rings. The summed E-state index contributed by atoms with van der Waals surface area (Å²) in [6.07, 6.45) is 1.57. The second-order valence-corrected chi connectivity index (χ2v) is 3.86. The minimum atomic E-state index is -0.517. The van der Waals surface area contributed by atoms with Gasteiger partial charge in [-0.1, -0.05) is 17.2 Å². The van der Waals surface area contributed by atoms with E-state index >= 15 is 0 Å². The lowest BCUT2D eigenvalue weighted by atomic mass is 10.3. The fourth-order valence-electron chi connectivity index (χ4n) is 0.951. The zero-order valence-corrected chi connectivity index (χ0v) is 9.73. The molecule has 1 aromatic carbocycles. The number of rotatable bonds is 2. The van der Waals surface area contributed by atoms with Crippen molar-refractivity contribution < 1.29 is 9.18 Å². The summed E-state index contributed by atoms with van der Waals surface area (Å²) in [6.45, 7) is 3.71. The molecule has 0 bridgehead atoms. The Labute approximate surface area is 98.3 Å². The summed E-state index contributed by atoms with van der Waals surface area (Å²) in [7, 11) is 0. The number of halogens is 2. The number of carbonyl (C=O) groups excluding carboxylic acids is 1. The highest BCUT2D eigenvalue weighted by molar-refractivity contribution is 6.31. The summed E-state index contributed by atoms with van der Waals surface area (Å²) in [6, 6.07) is 3.57. The predicted molar refractivity (Wildman–Crippen MR) is 63.0 cm³/mol. The van der Waals surface area contributed by atoms with Gasteiger partial charge in [0, 0.05) is 11.9 Å². The Balaban J connectivity index is 2.63. The Morgan fingerprint density at radius 3 is 2.69 bits per heavy atom. The second-order valence-electron chi connectivity index (χ2n) is 3.45. The Morgan fingerprint density at radius 1 is 1.44 bits per heavy atom. The number of hydrogen-bond donors (Lipinski definition) is 2. The van der Waals surface area contributed by atoms with Crippen molar-refractivity contribution in [3.63, 3.8) is 0 Å². The Bertz CT molecular complexity index is 428. The van der Waals surface area contributed by atoms with E-state index in [9.17, 15) is 9.18 Å². The highest BCUT2D eigenvalue weighted by atomic mass is 35.5. The lowest BCUT2D eigenvalue weighted by Gasteiger charge is -2.05. The van der Waals surface area contributed by atoms with Crippen LogP contribution >= 0.6 is 11.6 Å². The Hall–Kier alpha value is -1.55. The van der Waals surface area contributed by atoms with Gasteiger partial charge in [-0.15, -0.1) is 0 Å². The molecule has 0 radical (unpaired) electrons. The molecule has 1 rings (SSSR count). The summed E-state index contributed by atoms with van der Waals surface area (Å²) in [5.74, 6) is -0.517. The molecule has 0 unspecified atom stereocenters. The van der Waals surface area contributed by atoms with Crippen molar-refractivity contribution in [3.05, 3.63) is 40.8 Å². The molecule has 2 amide bonds. The number of nitrogens with one attached hydrogen (secondary N) is 2. The minimum absolute atomic E-state index is 0.0278. The van der Waals surface area contributed by atoms with Gasteiger partial charge in [-0.3, -0.25) is 0 Å². The predicted octanol–water partition coefficient (Wildman–Crippen LogP) is 3.52. The summed E-state index contributed by atoms with van der Waals surface area (Å²) < 4.78 is 12.8. The molecular weight excluding hydrogens is 231 g/mol. The third-order valence-corrected chi connectivity index (χ3v) is 1.96. The van der Waals surface area contributed by atoms with E-state index in [1.165, 1.54) is 18.2 Å². The summed E-state index contributed by atoms with van der Waals surface area (Å²) in [5.41, 5.74) is 1.40. The highest BCUT2D eigenvalue weighted by Crippen LogP contribution is 2.19. The number of allylic oxidation sites excluding steroid dienone is 1. The van der Waals surface area contributed by atoms with Gasteiger partial charge in [0.15, 0.2) is 0 Å². The maximum atomic E-state index is 12.8. The van der Waals surface area contributed by atoms with Crippen molar-refractivity contribution in [2.24, 2.45) is 0 Å². The van der Waals surface area contributed by atoms with E-state index in [1.54, 1.807) is 6.20 Å². The van der Waals surface area contributed by atoms with Crippen LogP contribution in [-0.4, -0.2) is 6.03 Å². The molecule has 0 aliphatic rings. The van der Waals surface area contributed by atoms with Crippen LogP contribution in [0.4, 0.5) is 14.9 Å². The lowest BCUT2D eigenvalue weighted by Crippen LogP contribution is -2.24. The van der Waals surface area contributed by atoms with E-state index in [1.807, 2.05) is 13.8 Å². The fourth-order valence-corrected chi connectivity index (χ4v) is 1.13.